The number of hydrogen-bond acceptors (Lipinski definition) is 4. The Kier molecular flexibility index (Phi) is 4.77. The molecule has 1 aliphatic heterocycles. The van der Waals surface area contributed by atoms with Gasteiger partial charge in [-0.1, -0.05) is 6.92 Å². The first kappa shape index (κ1) is 14.0. The second kappa shape index (κ2) is 6.14. The smallest absolute Gasteiger partial charge is 0.250 e. The second-order valence-corrected chi connectivity index (χ2v) is 7.56. The van der Waals surface area contributed by atoms with Crippen LogP contribution in [0.5, 0.6) is 0 Å². The molecule has 1 unspecified atom stereocenters. The molecule has 1 N–H and O–H groups in total. The molecule has 2 rings (SSSR count). The van der Waals surface area contributed by atoms with Crippen molar-refractivity contribution in [1.82, 2.24) is 4.72 Å². The van der Waals surface area contributed by atoms with Gasteiger partial charge in [0.05, 0.1) is 6.10 Å². The number of rotatable bonds is 6. The van der Waals surface area contributed by atoms with Crippen LogP contribution < -0.4 is 4.72 Å². The molecule has 1 fully saturated rings. The van der Waals surface area contributed by atoms with Crippen LogP contribution in [0, 0.1) is 0 Å². The normalized spacial score (nSPS) is 20.4. The van der Waals surface area contributed by atoms with E-state index in [2.05, 4.69) is 4.72 Å². The Bertz CT molecular complexity index is 475. The minimum absolute atomic E-state index is 0.224. The molecule has 0 aliphatic carbocycles. The summed E-state index contributed by atoms with van der Waals surface area (Å²) < 4.78 is 32.5. The number of hydrogen-bond donors (Lipinski definition) is 1. The van der Waals surface area contributed by atoms with Crippen LogP contribution in [0.15, 0.2) is 16.3 Å². The highest BCUT2D eigenvalue weighted by atomic mass is 32.2. The average Bonchev–Trinajstić information content (AvgIpc) is 2.99. The van der Waals surface area contributed by atoms with E-state index in [4.69, 9.17) is 4.74 Å². The van der Waals surface area contributed by atoms with Gasteiger partial charge < -0.3 is 4.74 Å². The summed E-state index contributed by atoms with van der Waals surface area (Å²) in [6.07, 6.45) is 3.98. The molecule has 0 aromatic carbocycles. The lowest BCUT2D eigenvalue weighted by molar-refractivity contribution is 0.105. The summed E-state index contributed by atoms with van der Waals surface area (Å²) in [5, 5.41) is 0. The first-order chi connectivity index (χ1) is 8.62. The van der Waals surface area contributed by atoms with Crippen molar-refractivity contribution in [3.63, 3.8) is 0 Å². The van der Waals surface area contributed by atoms with Crippen LogP contribution in [0.25, 0.3) is 0 Å². The molecule has 0 saturated carbocycles. The first-order valence-corrected chi connectivity index (χ1v) is 8.62. The van der Waals surface area contributed by atoms with Gasteiger partial charge in [-0.25, -0.2) is 13.1 Å². The van der Waals surface area contributed by atoms with Gasteiger partial charge in [-0.2, -0.15) is 0 Å². The van der Waals surface area contributed by atoms with Crippen LogP contribution in [0.3, 0.4) is 0 Å². The van der Waals surface area contributed by atoms with E-state index in [9.17, 15) is 8.42 Å². The van der Waals surface area contributed by atoms with Crippen molar-refractivity contribution in [3.8, 4) is 0 Å². The van der Waals surface area contributed by atoms with E-state index in [1.54, 1.807) is 6.07 Å². The molecule has 1 saturated heterocycles. The first-order valence-electron chi connectivity index (χ1n) is 6.32. The van der Waals surface area contributed by atoms with Crippen molar-refractivity contribution < 1.29 is 13.2 Å². The molecule has 1 atom stereocenters. The zero-order valence-corrected chi connectivity index (χ0v) is 12.1. The summed E-state index contributed by atoms with van der Waals surface area (Å²) >= 11 is 1.34. The lowest BCUT2D eigenvalue weighted by Gasteiger charge is -2.09. The van der Waals surface area contributed by atoms with Gasteiger partial charge in [0.2, 0.25) is 10.0 Å². The molecule has 1 aromatic heterocycles. The summed E-state index contributed by atoms with van der Waals surface area (Å²) in [5.41, 5.74) is 0. The fourth-order valence-corrected chi connectivity index (χ4v) is 4.38. The van der Waals surface area contributed by atoms with Crippen LogP contribution >= 0.6 is 11.3 Å². The van der Waals surface area contributed by atoms with Gasteiger partial charge in [0.25, 0.3) is 0 Å². The SMILES string of the molecule is CCc1ccc(S(=O)(=O)NCCC2CCCO2)s1. The fraction of sp³-hybridized carbons (Fsp3) is 0.667. The molecule has 0 bridgehead atoms. The minimum atomic E-state index is -3.33. The van der Waals surface area contributed by atoms with Gasteiger partial charge in [0.15, 0.2) is 0 Å². The molecule has 2 heterocycles. The van der Waals surface area contributed by atoms with E-state index in [0.717, 1.165) is 37.2 Å². The Labute approximate surface area is 112 Å². The largest absolute Gasteiger partial charge is 0.378 e. The Morgan fingerprint density at radius 2 is 2.33 bits per heavy atom. The lowest BCUT2D eigenvalue weighted by atomic mass is 10.2. The predicted molar refractivity (Wildman–Crippen MR) is 72.5 cm³/mol. The monoisotopic (exact) mass is 289 g/mol. The highest BCUT2D eigenvalue weighted by Crippen LogP contribution is 2.22. The number of nitrogens with one attached hydrogen (secondary N) is 1. The Balaban J connectivity index is 1.86. The van der Waals surface area contributed by atoms with Gasteiger partial charge in [0, 0.05) is 18.0 Å². The molecule has 0 amide bonds. The molecule has 4 nitrogen and oxygen atoms in total. The van der Waals surface area contributed by atoms with Crippen molar-refractivity contribution in [2.75, 3.05) is 13.2 Å². The van der Waals surface area contributed by atoms with Gasteiger partial charge in [-0.15, -0.1) is 11.3 Å². The number of aryl methyl sites for hydroxylation is 1. The van der Waals surface area contributed by atoms with Crippen molar-refractivity contribution in [2.24, 2.45) is 0 Å². The molecule has 1 aliphatic rings. The molecule has 1 aromatic rings. The molecule has 102 valence electrons. The fourth-order valence-electron chi connectivity index (χ4n) is 1.99. The minimum Gasteiger partial charge on any atom is -0.378 e. The standard InChI is InChI=1S/C12H19NO3S2/c1-2-11-5-6-12(17-11)18(14,15)13-8-7-10-4-3-9-16-10/h5-6,10,13H,2-4,7-9H2,1H3. The van der Waals surface area contributed by atoms with Crippen LogP contribution in [0.4, 0.5) is 0 Å². The summed E-state index contributed by atoms with van der Waals surface area (Å²) in [6, 6.07) is 3.55. The summed E-state index contributed by atoms with van der Waals surface area (Å²) in [5.74, 6) is 0. The van der Waals surface area contributed by atoms with E-state index >= 15 is 0 Å². The maximum Gasteiger partial charge on any atom is 0.250 e. The number of ether oxygens (including phenoxy) is 1. The van der Waals surface area contributed by atoms with Crippen LogP contribution in [0.2, 0.25) is 0 Å². The van der Waals surface area contributed by atoms with Crippen molar-refractivity contribution >= 4 is 21.4 Å². The van der Waals surface area contributed by atoms with Crippen LogP contribution in [-0.4, -0.2) is 27.7 Å². The van der Waals surface area contributed by atoms with E-state index < -0.39 is 10.0 Å². The van der Waals surface area contributed by atoms with E-state index in [-0.39, 0.29) is 6.10 Å². The summed E-state index contributed by atoms with van der Waals surface area (Å²) in [6.45, 7) is 3.28. The molecule has 0 radical (unpaired) electrons. The molecular formula is C12H19NO3S2. The molecule has 18 heavy (non-hydrogen) atoms. The second-order valence-electron chi connectivity index (χ2n) is 4.40. The maximum atomic E-state index is 12.0. The predicted octanol–water partition coefficient (Wildman–Crippen LogP) is 2.16. The van der Waals surface area contributed by atoms with Gasteiger partial charge >= 0.3 is 0 Å². The van der Waals surface area contributed by atoms with Crippen LogP contribution in [0.1, 0.15) is 31.1 Å². The van der Waals surface area contributed by atoms with Crippen molar-refractivity contribution in [2.45, 2.75) is 42.9 Å². The zero-order chi connectivity index (χ0) is 13.0. The maximum absolute atomic E-state index is 12.0. The quantitative estimate of drug-likeness (QED) is 0.873. The van der Waals surface area contributed by atoms with Gasteiger partial charge in [0.1, 0.15) is 4.21 Å². The third kappa shape index (κ3) is 3.54. The third-order valence-corrected chi connectivity index (χ3v) is 6.22. The summed E-state index contributed by atoms with van der Waals surface area (Å²) in [7, 11) is -3.33. The van der Waals surface area contributed by atoms with Crippen LogP contribution in [-0.2, 0) is 21.2 Å². The Morgan fingerprint density at radius 1 is 1.50 bits per heavy atom. The van der Waals surface area contributed by atoms with Gasteiger partial charge in [-0.3, -0.25) is 0 Å². The highest BCUT2D eigenvalue weighted by Gasteiger charge is 2.19. The number of sulfonamides is 1. The van der Waals surface area contributed by atoms with E-state index in [0.29, 0.717) is 10.8 Å². The zero-order valence-electron chi connectivity index (χ0n) is 10.5. The van der Waals surface area contributed by atoms with E-state index in [1.807, 2.05) is 13.0 Å². The molecule has 0 spiro atoms. The third-order valence-electron chi connectivity index (χ3n) is 3.03. The topological polar surface area (TPSA) is 55.4 Å². The van der Waals surface area contributed by atoms with Crippen molar-refractivity contribution in [1.29, 1.82) is 0 Å². The lowest BCUT2D eigenvalue weighted by Crippen LogP contribution is -2.26. The summed E-state index contributed by atoms with van der Waals surface area (Å²) in [4.78, 5) is 1.09. The number of thiophene rings is 1. The van der Waals surface area contributed by atoms with E-state index in [1.165, 1.54) is 11.3 Å². The molecule has 6 heteroatoms. The Morgan fingerprint density at radius 3 is 2.94 bits per heavy atom. The Hall–Kier alpha value is -0.430. The average molecular weight is 289 g/mol. The highest BCUT2D eigenvalue weighted by molar-refractivity contribution is 7.91. The van der Waals surface area contributed by atoms with Gasteiger partial charge in [-0.05, 0) is 37.8 Å². The van der Waals surface area contributed by atoms with Crippen molar-refractivity contribution in [3.05, 3.63) is 17.0 Å². The molecular weight excluding hydrogens is 270 g/mol.